The van der Waals surface area contributed by atoms with Gasteiger partial charge in [0.1, 0.15) is 12.4 Å². The smallest absolute Gasteiger partial charge is 0.192 e. The first-order valence-electron chi connectivity index (χ1n) is 7.12. The van der Waals surface area contributed by atoms with Crippen molar-refractivity contribution in [1.29, 1.82) is 0 Å². The summed E-state index contributed by atoms with van der Waals surface area (Å²) in [5.74, 6) is 1.51. The highest BCUT2D eigenvalue weighted by Crippen LogP contribution is 2.22. The predicted molar refractivity (Wildman–Crippen MR) is 84.1 cm³/mol. The van der Waals surface area contributed by atoms with Gasteiger partial charge in [-0.1, -0.05) is 48.5 Å². The number of fused-ring (bicyclic) bond motifs is 1. The minimum Gasteiger partial charge on any atom is -0.491 e. The first-order chi connectivity index (χ1) is 10.3. The van der Waals surface area contributed by atoms with E-state index in [-0.39, 0.29) is 0 Å². The molecule has 0 aliphatic carbocycles. The van der Waals surface area contributed by atoms with Crippen molar-refractivity contribution in [2.45, 2.75) is 13.1 Å². The molecule has 2 N–H and O–H groups in total. The molecule has 0 unspecified atom stereocenters. The number of aliphatic imine (C=N–C) groups is 1. The Morgan fingerprint density at radius 2 is 1.86 bits per heavy atom. The lowest BCUT2D eigenvalue weighted by Gasteiger charge is -2.20. The van der Waals surface area contributed by atoms with Crippen LogP contribution in [0.15, 0.2) is 59.6 Å². The summed E-state index contributed by atoms with van der Waals surface area (Å²) in [6.45, 7) is 2.71. The quantitative estimate of drug-likeness (QED) is 0.679. The molecule has 4 nitrogen and oxygen atoms in total. The van der Waals surface area contributed by atoms with E-state index in [2.05, 4.69) is 28.1 Å². The second-order valence-electron chi connectivity index (χ2n) is 5.04. The molecule has 0 atom stereocenters. The number of ether oxygens (including phenoxy) is 1. The summed E-state index contributed by atoms with van der Waals surface area (Å²) in [5, 5.41) is 0. The molecule has 3 rings (SSSR count). The third-order valence-electron chi connectivity index (χ3n) is 3.54. The zero-order valence-corrected chi connectivity index (χ0v) is 11.9. The second kappa shape index (κ2) is 6.31. The van der Waals surface area contributed by atoms with Crippen LogP contribution >= 0.6 is 0 Å². The van der Waals surface area contributed by atoms with Crippen molar-refractivity contribution in [2.24, 2.45) is 10.7 Å². The molecule has 0 saturated carbocycles. The molecule has 1 heterocycles. The van der Waals surface area contributed by atoms with Crippen molar-refractivity contribution in [1.82, 2.24) is 4.90 Å². The number of hydrogen-bond donors (Lipinski definition) is 1. The Morgan fingerprint density at radius 1 is 1.10 bits per heavy atom. The van der Waals surface area contributed by atoms with E-state index in [0.717, 1.165) is 30.0 Å². The van der Waals surface area contributed by atoms with E-state index >= 15 is 0 Å². The van der Waals surface area contributed by atoms with Gasteiger partial charge in [-0.3, -0.25) is 0 Å². The normalized spacial score (nSPS) is 15.0. The number of nitrogens with zero attached hydrogens (tertiary/aromatic N) is 2. The Balaban J connectivity index is 1.71. The highest BCUT2D eigenvalue weighted by Gasteiger charge is 2.16. The van der Waals surface area contributed by atoms with Crippen LogP contribution in [0, 0.1) is 0 Å². The standard InChI is InChI=1S/C17H19N3O/c18-17(19-12-14-6-2-1-3-7-14)20-10-11-21-16-9-5-4-8-15(16)13-20/h1-9H,10-13H2,(H2,18,19). The van der Waals surface area contributed by atoms with Crippen LogP contribution in [-0.2, 0) is 13.1 Å². The lowest BCUT2D eigenvalue weighted by atomic mass is 10.2. The minimum atomic E-state index is 0.569. The van der Waals surface area contributed by atoms with Crippen LogP contribution in [0.4, 0.5) is 0 Å². The zero-order chi connectivity index (χ0) is 14.5. The highest BCUT2D eigenvalue weighted by atomic mass is 16.5. The summed E-state index contributed by atoms with van der Waals surface area (Å²) in [7, 11) is 0. The zero-order valence-electron chi connectivity index (χ0n) is 11.9. The van der Waals surface area contributed by atoms with Gasteiger partial charge in [-0.2, -0.15) is 0 Å². The van der Waals surface area contributed by atoms with Gasteiger partial charge in [-0.25, -0.2) is 4.99 Å². The van der Waals surface area contributed by atoms with Gasteiger partial charge in [0, 0.05) is 12.1 Å². The van der Waals surface area contributed by atoms with Gasteiger partial charge in [0.25, 0.3) is 0 Å². The molecule has 0 radical (unpaired) electrons. The fourth-order valence-electron chi connectivity index (χ4n) is 2.38. The number of guanidine groups is 1. The molecule has 0 saturated heterocycles. The van der Waals surface area contributed by atoms with E-state index in [1.165, 1.54) is 0 Å². The summed E-state index contributed by atoms with van der Waals surface area (Å²) in [4.78, 5) is 6.56. The molecule has 0 fully saturated rings. The maximum atomic E-state index is 6.14. The van der Waals surface area contributed by atoms with Gasteiger partial charge in [-0.15, -0.1) is 0 Å². The summed E-state index contributed by atoms with van der Waals surface area (Å²) in [5.41, 5.74) is 8.45. The highest BCUT2D eigenvalue weighted by molar-refractivity contribution is 5.78. The van der Waals surface area contributed by atoms with Crippen LogP contribution in [0.2, 0.25) is 0 Å². The van der Waals surface area contributed by atoms with E-state index < -0.39 is 0 Å². The molecule has 108 valence electrons. The van der Waals surface area contributed by atoms with E-state index in [1.807, 2.05) is 36.4 Å². The van der Waals surface area contributed by atoms with Crippen LogP contribution in [0.25, 0.3) is 0 Å². The van der Waals surface area contributed by atoms with Crippen LogP contribution in [0.3, 0.4) is 0 Å². The average molecular weight is 281 g/mol. The van der Waals surface area contributed by atoms with Gasteiger partial charge in [0.2, 0.25) is 0 Å². The largest absolute Gasteiger partial charge is 0.491 e. The SMILES string of the molecule is NC(=NCc1ccccc1)N1CCOc2ccccc2C1. The van der Waals surface area contributed by atoms with E-state index in [0.29, 0.717) is 19.1 Å². The first-order valence-corrected chi connectivity index (χ1v) is 7.12. The van der Waals surface area contributed by atoms with Gasteiger partial charge in [0.05, 0.1) is 13.1 Å². The molecule has 2 aromatic rings. The van der Waals surface area contributed by atoms with E-state index in [9.17, 15) is 0 Å². The van der Waals surface area contributed by atoms with Crippen LogP contribution < -0.4 is 10.5 Å². The van der Waals surface area contributed by atoms with Gasteiger partial charge in [0.15, 0.2) is 5.96 Å². The third kappa shape index (κ3) is 3.34. The van der Waals surface area contributed by atoms with Crippen molar-refractivity contribution in [2.75, 3.05) is 13.2 Å². The number of rotatable bonds is 2. The van der Waals surface area contributed by atoms with Crippen LogP contribution in [0.1, 0.15) is 11.1 Å². The number of benzene rings is 2. The fourth-order valence-corrected chi connectivity index (χ4v) is 2.38. The minimum absolute atomic E-state index is 0.569. The Hall–Kier alpha value is -2.49. The van der Waals surface area contributed by atoms with E-state index in [1.54, 1.807) is 0 Å². The second-order valence-corrected chi connectivity index (χ2v) is 5.04. The van der Waals surface area contributed by atoms with E-state index in [4.69, 9.17) is 10.5 Å². The molecule has 0 spiro atoms. The summed E-state index contributed by atoms with van der Waals surface area (Å²) in [6.07, 6.45) is 0. The molecule has 0 amide bonds. The molecule has 21 heavy (non-hydrogen) atoms. The predicted octanol–water partition coefficient (Wildman–Crippen LogP) is 2.40. The molecule has 1 aliphatic heterocycles. The maximum Gasteiger partial charge on any atom is 0.192 e. The molecule has 1 aliphatic rings. The molecular weight excluding hydrogens is 262 g/mol. The Labute approximate surface area is 124 Å². The fraction of sp³-hybridized carbons (Fsp3) is 0.235. The summed E-state index contributed by atoms with van der Waals surface area (Å²) in [6, 6.07) is 18.2. The monoisotopic (exact) mass is 281 g/mol. The summed E-state index contributed by atoms with van der Waals surface area (Å²) < 4.78 is 5.74. The van der Waals surface area contributed by atoms with Gasteiger partial charge < -0.3 is 15.4 Å². The van der Waals surface area contributed by atoms with Crippen LogP contribution in [-0.4, -0.2) is 24.0 Å². The number of hydrogen-bond acceptors (Lipinski definition) is 2. The van der Waals surface area contributed by atoms with Crippen molar-refractivity contribution < 1.29 is 4.74 Å². The van der Waals surface area contributed by atoms with Crippen molar-refractivity contribution in [3.8, 4) is 5.75 Å². The Morgan fingerprint density at radius 3 is 2.71 bits per heavy atom. The number of nitrogens with two attached hydrogens (primary N) is 1. The van der Waals surface area contributed by atoms with Gasteiger partial charge in [-0.05, 0) is 11.6 Å². The van der Waals surface area contributed by atoms with Crippen molar-refractivity contribution >= 4 is 5.96 Å². The molecule has 2 aromatic carbocycles. The van der Waals surface area contributed by atoms with Crippen molar-refractivity contribution in [3.63, 3.8) is 0 Å². The number of para-hydroxylation sites is 1. The maximum absolute atomic E-state index is 6.14. The third-order valence-corrected chi connectivity index (χ3v) is 3.54. The average Bonchev–Trinajstić information content (AvgIpc) is 2.76. The summed E-state index contributed by atoms with van der Waals surface area (Å²) >= 11 is 0. The first kappa shape index (κ1) is 13.5. The molecule has 0 bridgehead atoms. The lowest BCUT2D eigenvalue weighted by molar-refractivity contribution is 0.288. The van der Waals surface area contributed by atoms with Crippen LogP contribution in [0.5, 0.6) is 5.75 Å². The molecule has 4 heteroatoms. The molecular formula is C17H19N3O. The Kier molecular flexibility index (Phi) is 4.05. The topological polar surface area (TPSA) is 50.8 Å². The van der Waals surface area contributed by atoms with Crippen molar-refractivity contribution in [3.05, 3.63) is 65.7 Å². The van der Waals surface area contributed by atoms with Gasteiger partial charge >= 0.3 is 0 Å². The Bertz CT molecular complexity index is 625. The molecule has 0 aromatic heterocycles. The lowest BCUT2D eigenvalue weighted by Crippen LogP contribution is -2.38.